The predicted octanol–water partition coefficient (Wildman–Crippen LogP) is 3.57. The number of rotatable bonds is 6. The van der Waals surface area contributed by atoms with E-state index in [1.165, 1.54) is 25.1 Å². The van der Waals surface area contributed by atoms with Gasteiger partial charge in [0.2, 0.25) is 5.91 Å². The third kappa shape index (κ3) is 7.03. The SMILES string of the molecule is CC(C)(C)OC(=O)N(CC(=O)N[C@](C)(C(=O)O)C(C)(C)C)Cc1cccc(F)c1. The van der Waals surface area contributed by atoms with Crippen molar-refractivity contribution in [1.29, 1.82) is 0 Å². The largest absolute Gasteiger partial charge is 0.479 e. The second-order valence-electron chi connectivity index (χ2n) is 9.19. The third-order valence-electron chi connectivity index (χ3n) is 4.57. The third-order valence-corrected chi connectivity index (χ3v) is 4.57. The highest BCUT2D eigenvalue weighted by Crippen LogP contribution is 2.30. The molecule has 1 rings (SSSR count). The number of carboxylic acids is 1. The normalized spacial score (nSPS) is 13.9. The van der Waals surface area contributed by atoms with E-state index in [1.54, 1.807) is 47.6 Å². The van der Waals surface area contributed by atoms with Crippen LogP contribution in [0.25, 0.3) is 0 Å². The topological polar surface area (TPSA) is 95.9 Å². The minimum absolute atomic E-state index is 0.0700. The average Bonchev–Trinajstić information content (AvgIpc) is 2.51. The molecule has 0 aliphatic heterocycles. The Morgan fingerprint density at radius 1 is 1.10 bits per heavy atom. The Balaban J connectivity index is 3.08. The van der Waals surface area contributed by atoms with Gasteiger partial charge in [-0.3, -0.25) is 9.69 Å². The highest BCUT2D eigenvalue weighted by Gasteiger charge is 2.46. The van der Waals surface area contributed by atoms with Crippen molar-refractivity contribution in [1.82, 2.24) is 10.2 Å². The monoisotopic (exact) mass is 410 g/mol. The quantitative estimate of drug-likeness (QED) is 0.747. The molecule has 2 N–H and O–H groups in total. The van der Waals surface area contributed by atoms with Crippen molar-refractivity contribution in [2.75, 3.05) is 6.54 Å². The number of halogens is 1. The molecule has 0 aliphatic rings. The standard InChI is InChI=1S/C21H31FN2O5/c1-19(2,3)21(7,17(26)27)23-16(25)13-24(18(28)29-20(4,5)6)12-14-9-8-10-15(22)11-14/h8-11H,12-13H2,1-7H3,(H,23,25)(H,26,27)/t21-/m1/s1. The van der Waals surface area contributed by atoms with Gasteiger partial charge in [-0.05, 0) is 50.8 Å². The van der Waals surface area contributed by atoms with Crippen LogP contribution in [0.1, 0.15) is 54.0 Å². The van der Waals surface area contributed by atoms with Crippen LogP contribution in [0.4, 0.5) is 9.18 Å². The summed E-state index contributed by atoms with van der Waals surface area (Å²) in [7, 11) is 0. The molecule has 2 amide bonds. The van der Waals surface area contributed by atoms with E-state index in [0.717, 1.165) is 4.90 Å². The summed E-state index contributed by atoms with van der Waals surface area (Å²) in [4.78, 5) is 38.1. The Labute approximate surface area is 171 Å². The van der Waals surface area contributed by atoms with Crippen LogP contribution in [0.2, 0.25) is 0 Å². The van der Waals surface area contributed by atoms with Crippen LogP contribution >= 0.6 is 0 Å². The number of aliphatic carboxylic acids is 1. The second kappa shape index (κ2) is 8.80. The van der Waals surface area contributed by atoms with Crippen molar-refractivity contribution < 1.29 is 28.6 Å². The highest BCUT2D eigenvalue weighted by molar-refractivity contribution is 5.89. The van der Waals surface area contributed by atoms with Gasteiger partial charge in [-0.1, -0.05) is 32.9 Å². The molecule has 8 heteroatoms. The first kappa shape index (κ1) is 24.4. The Morgan fingerprint density at radius 2 is 1.69 bits per heavy atom. The molecule has 0 bridgehead atoms. The van der Waals surface area contributed by atoms with Gasteiger partial charge in [0.15, 0.2) is 0 Å². The first-order valence-corrected chi connectivity index (χ1v) is 9.32. The summed E-state index contributed by atoms with van der Waals surface area (Å²) >= 11 is 0. The van der Waals surface area contributed by atoms with Crippen LogP contribution in [0.15, 0.2) is 24.3 Å². The number of hydrogen-bond acceptors (Lipinski definition) is 4. The minimum atomic E-state index is -1.55. The van der Waals surface area contributed by atoms with E-state index >= 15 is 0 Å². The summed E-state index contributed by atoms with van der Waals surface area (Å²) in [5.41, 5.74) is -2.66. The Morgan fingerprint density at radius 3 is 2.14 bits per heavy atom. The van der Waals surface area contributed by atoms with E-state index < -0.39 is 46.9 Å². The zero-order chi connectivity index (χ0) is 22.6. The second-order valence-corrected chi connectivity index (χ2v) is 9.19. The van der Waals surface area contributed by atoms with Gasteiger partial charge in [0, 0.05) is 6.54 Å². The average molecular weight is 410 g/mol. The van der Waals surface area contributed by atoms with Gasteiger partial charge in [0.05, 0.1) is 0 Å². The predicted molar refractivity (Wildman–Crippen MR) is 107 cm³/mol. The molecule has 0 aromatic heterocycles. The lowest BCUT2D eigenvalue weighted by Gasteiger charge is -2.39. The van der Waals surface area contributed by atoms with Crippen LogP contribution in [-0.4, -0.2) is 45.7 Å². The molecule has 1 atom stereocenters. The molecule has 0 saturated heterocycles. The summed E-state index contributed by atoms with van der Waals surface area (Å²) in [6, 6.07) is 5.65. The van der Waals surface area contributed by atoms with Crippen molar-refractivity contribution in [3.05, 3.63) is 35.6 Å². The number of carbonyl (C=O) groups excluding carboxylic acids is 2. The number of ether oxygens (including phenoxy) is 1. The lowest BCUT2D eigenvalue weighted by Crippen LogP contribution is -2.61. The van der Waals surface area contributed by atoms with E-state index in [-0.39, 0.29) is 6.54 Å². The Hall–Kier alpha value is -2.64. The number of carboxylic acid groups (broad SMARTS) is 1. The molecule has 0 aliphatic carbocycles. The lowest BCUT2D eigenvalue weighted by molar-refractivity contribution is -0.152. The first-order valence-electron chi connectivity index (χ1n) is 9.32. The number of benzene rings is 1. The fraction of sp³-hybridized carbons (Fsp3) is 0.571. The van der Waals surface area contributed by atoms with Gasteiger partial charge >= 0.3 is 12.1 Å². The molecule has 162 valence electrons. The zero-order valence-corrected chi connectivity index (χ0v) is 18.1. The van der Waals surface area contributed by atoms with Gasteiger partial charge in [-0.2, -0.15) is 0 Å². The molecular formula is C21H31FN2O5. The van der Waals surface area contributed by atoms with Gasteiger partial charge in [-0.25, -0.2) is 14.0 Å². The smallest absolute Gasteiger partial charge is 0.411 e. The van der Waals surface area contributed by atoms with Gasteiger partial charge in [0.1, 0.15) is 23.5 Å². The highest BCUT2D eigenvalue weighted by atomic mass is 19.1. The lowest BCUT2D eigenvalue weighted by atomic mass is 9.75. The van der Waals surface area contributed by atoms with Crippen LogP contribution in [0.3, 0.4) is 0 Å². The van der Waals surface area contributed by atoms with Crippen LogP contribution in [-0.2, 0) is 20.9 Å². The number of amides is 2. The fourth-order valence-corrected chi connectivity index (χ4v) is 2.42. The molecule has 0 saturated carbocycles. The first-order chi connectivity index (χ1) is 13.0. The van der Waals surface area contributed by atoms with Crippen LogP contribution in [0, 0.1) is 11.2 Å². The summed E-state index contributed by atoms with van der Waals surface area (Å²) in [5.74, 6) is -2.32. The maximum atomic E-state index is 13.5. The molecule has 0 radical (unpaired) electrons. The molecule has 0 fully saturated rings. The maximum Gasteiger partial charge on any atom is 0.411 e. The minimum Gasteiger partial charge on any atom is -0.479 e. The van der Waals surface area contributed by atoms with Crippen molar-refractivity contribution in [2.24, 2.45) is 5.41 Å². The molecule has 29 heavy (non-hydrogen) atoms. The Kier molecular flexibility index (Phi) is 7.40. The molecule has 0 spiro atoms. The molecule has 1 aromatic carbocycles. The number of carbonyl (C=O) groups is 3. The molecule has 0 heterocycles. The number of hydrogen-bond donors (Lipinski definition) is 2. The van der Waals surface area contributed by atoms with E-state index in [4.69, 9.17) is 4.74 Å². The van der Waals surface area contributed by atoms with Crippen molar-refractivity contribution >= 4 is 18.0 Å². The summed E-state index contributed by atoms with van der Waals surface area (Å²) < 4.78 is 18.9. The van der Waals surface area contributed by atoms with Gasteiger partial charge in [-0.15, -0.1) is 0 Å². The fourth-order valence-electron chi connectivity index (χ4n) is 2.42. The van der Waals surface area contributed by atoms with E-state index in [0.29, 0.717) is 5.56 Å². The van der Waals surface area contributed by atoms with E-state index in [1.807, 2.05) is 0 Å². The molecular weight excluding hydrogens is 379 g/mol. The van der Waals surface area contributed by atoms with E-state index in [9.17, 15) is 23.9 Å². The van der Waals surface area contributed by atoms with Crippen LogP contribution in [0.5, 0.6) is 0 Å². The maximum absolute atomic E-state index is 13.5. The van der Waals surface area contributed by atoms with E-state index in [2.05, 4.69) is 5.32 Å². The molecule has 1 aromatic rings. The summed E-state index contributed by atoms with van der Waals surface area (Å²) in [5, 5.41) is 12.1. The number of nitrogens with one attached hydrogen (secondary N) is 1. The zero-order valence-electron chi connectivity index (χ0n) is 18.1. The van der Waals surface area contributed by atoms with Crippen molar-refractivity contribution in [2.45, 2.75) is 66.2 Å². The summed E-state index contributed by atoms with van der Waals surface area (Å²) in [6.45, 7) is 11.0. The number of nitrogens with zero attached hydrogens (tertiary/aromatic N) is 1. The van der Waals surface area contributed by atoms with Crippen LogP contribution < -0.4 is 5.32 Å². The van der Waals surface area contributed by atoms with Crippen molar-refractivity contribution in [3.8, 4) is 0 Å². The molecule has 0 unspecified atom stereocenters. The van der Waals surface area contributed by atoms with Gasteiger partial charge < -0.3 is 15.2 Å². The van der Waals surface area contributed by atoms with Crippen molar-refractivity contribution in [3.63, 3.8) is 0 Å². The Bertz CT molecular complexity index is 767. The van der Waals surface area contributed by atoms with Gasteiger partial charge in [0.25, 0.3) is 0 Å². The summed E-state index contributed by atoms with van der Waals surface area (Å²) in [6.07, 6.45) is -0.760. The molecule has 7 nitrogen and oxygen atoms in total.